The van der Waals surface area contributed by atoms with E-state index in [0.29, 0.717) is 37.7 Å². The first-order valence-corrected chi connectivity index (χ1v) is 27.7. The van der Waals surface area contributed by atoms with Crippen LogP contribution in [0.5, 0.6) is 0 Å². The van der Waals surface area contributed by atoms with Crippen molar-refractivity contribution in [2.24, 2.45) is 50.2 Å². The van der Waals surface area contributed by atoms with E-state index in [0.717, 1.165) is 5.57 Å². The highest BCUT2D eigenvalue weighted by atomic mass is 16.8. The molecule has 24 nitrogen and oxygen atoms in total. The van der Waals surface area contributed by atoms with E-state index < -0.39 is 193 Å². The second-order valence-electron chi connectivity index (χ2n) is 25.6. The van der Waals surface area contributed by atoms with E-state index in [9.17, 15) is 80.8 Å². The molecule has 79 heavy (non-hydrogen) atoms. The van der Waals surface area contributed by atoms with Gasteiger partial charge in [-0.25, -0.2) is 9.59 Å². The number of allylic oxidation sites excluding steroid dienone is 3. The number of carbonyl (C=O) groups excluding carboxylic acids is 2. The standard InChI is InChI=1S/C55H86O24/c1-10-23(2)46(71)79-44-43(68)50(4,5)17-26-25-11-12-30-51(6)15-14-32(52(7,21-58)29(51)13-16-53(30,8)54(25,9)18-31(60)55(26,44)22-72-24(3)59)75-49-41(77-48-38(66)36(64)34(62)28(20-57)74-48)39(67)40(42(78-49)45(69)70)76-47-37(65)35(63)33(61)27(19-56)73-47/h10-11,26-44,47-49,56-58,60-68H,12-22H2,1-9H3,(H,69,70)/b23-10+/t26-,27+,28+,29?,30?,31+,32-,33+,34+,35-,36-,37+,38+,39-,40-,41+,42-,43-,44-,47-,48-,49+,51-,52+,53+,54+,55-/m0/s1. The molecule has 0 aromatic carbocycles. The summed E-state index contributed by atoms with van der Waals surface area (Å²) < 4.78 is 47.9. The van der Waals surface area contributed by atoms with Gasteiger partial charge < -0.3 is 104 Å². The third-order valence-electron chi connectivity index (χ3n) is 21.1. The Morgan fingerprint density at radius 2 is 1.28 bits per heavy atom. The first-order valence-electron chi connectivity index (χ1n) is 27.7. The van der Waals surface area contributed by atoms with Gasteiger partial charge in [0.2, 0.25) is 0 Å². The fraction of sp³-hybridized carbons (Fsp3) is 0.873. The van der Waals surface area contributed by atoms with Crippen molar-refractivity contribution >= 4 is 17.9 Å². The lowest BCUT2D eigenvalue weighted by Gasteiger charge is -2.72. The number of hydrogen-bond donors (Lipinski definition) is 13. The smallest absolute Gasteiger partial charge is 0.335 e. The summed E-state index contributed by atoms with van der Waals surface area (Å²) in [6, 6.07) is 0. The van der Waals surface area contributed by atoms with E-state index >= 15 is 0 Å². The maximum absolute atomic E-state index is 13.6. The van der Waals surface area contributed by atoms with Crippen molar-refractivity contribution in [3.05, 3.63) is 23.3 Å². The Labute approximate surface area is 459 Å². The van der Waals surface area contributed by atoms with Crippen LogP contribution in [0.1, 0.15) is 107 Å². The van der Waals surface area contributed by atoms with Crippen LogP contribution in [0.15, 0.2) is 23.3 Å². The van der Waals surface area contributed by atoms with Crippen LogP contribution in [-0.4, -0.2) is 227 Å². The molecule has 3 aliphatic heterocycles. The van der Waals surface area contributed by atoms with Gasteiger partial charge in [-0.2, -0.15) is 0 Å². The van der Waals surface area contributed by atoms with Crippen LogP contribution < -0.4 is 0 Å². The largest absolute Gasteiger partial charge is 0.479 e. The number of rotatable bonds is 14. The number of carbonyl (C=O) groups is 3. The van der Waals surface area contributed by atoms with Gasteiger partial charge in [-0.3, -0.25) is 4.79 Å². The molecule has 2 unspecified atom stereocenters. The highest BCUT2D eigenvalue weighted by Gasteiger charge is 2.74. The van der Waals surface area contributed by atoms with E-state index in [1.165, 1.54) is 6.92 Å². The van der Waals surface area contributed by atoms with Crippen molar-refractivity contribution in [2.75, 3.05) is 26.4 Å². The first kappa shape index (κ1) is 62.2. The number of fused-ring (bicyclic) bond motifs is 7. The van der Waals surface area contributed by atoms with Crippen molar-refractivity contribution in [1.29, 1.82) is 0 Å². The maximum Gasteiger partial charge on any atom is 0.335 e. The maximum atomic E-state index is 13.6. The van der Waals surface area contributed by atoms with Crippen LogP contribution in [0.4, 0.5) is 0 Å². The molecule has 8 aliphatic rings. The Morgan fingerprint density at radius 1 is 0.696 bits per heavy atom. The summed E-state index contributed by atoms with van der Waals surface area (Å²) in [4.78, 5) is 39.3. The molecule has 3 saturated heterocycles. The van der Waals surface area contributed by atoms with Crippen LogP contribution in [0, 0.1) is 50.2 Å². The summed E-state index contributed by atoms with van der Waals surface area (Å²) in [5, 5.41) is 144. The number of hydrogen-bond acceptors (Lipinski definition) is 23. The van der Waals surface area contributed by atoms with Crippen molar-refractivity contribution in [3.8, 4) is 0 Å². The second kappa shape index (κ2) is 22.6. The predicted molar refractivity (Wildman–Crippen MR) is 269 cm³/mol. The van der Waals surface area contributed by atoms with Gasteiger partial charge in [-0.05, 0) is 98.2 Å². The number of aliphatic hydroxyl groups is 12. The molecular weight excluding hydrogens is 1040 g/mol. The summed E-state index contributed by atoms with van der Waals surface area (Å²) >= 11 is 0. The highest BCUT2D eigenvalue weighted by molar-refractivity contribution is 5.87. The van der Waals surface area contributed by atoms with Gasteiger partial charge in [-0.15, -0.1) is 0 Å². The zero-order valence-electron chi connectivity index (χ0n) is 46.4. The fourth-order valence-electron chi connectivity index (χ4n) is 16.1. The molecule has 0 amide bonds. The van der Waals surface area contributed by atoms with Gasteiger partial charge >= 0.3 is 17.9 Å². The molecule has 4 saturated carbocycles. The number of carboxylic acids is 1. The average molecular weight is 1130 g/mol. The number of carboxylic acid groups (broad SMARTS) is 1. The Morgan fingerprint density at radius 3 is 1.81 bits per heavy atom. The van der Waals surface area contributed by atoms with E-state index in [4.69, 9.17) is 37.9 Å². The quantitative estimate of drug-likeness (QED) is 0.0415. The zero-order valence-corrected chi connectivity index (χ0v) is 46.4. The van der Waals surface area contributed by atoms with Crippen LogP contribution >= 0.6 is 0 Å². The molecule has 3 heterocycles. The fourth-order valence-corrected chi connectivity index (χ4v) is 16.1. The predicted octanol–water partition coefficient (Wildman–Crippen LogP) is -1.32. The SMILES string of the molecule is C/C=C(\C)C(=O)O[C@H]1[C@H](O)C(C)(C)C[C@H]2C3=CCC4[C@@]5(C)CC[C@H](O[C@@H]6O[C@H](C(=O)O)[C@@H](O[C@@H]7O[C@H](CO)[C@@H](O)[C@H](O)[C@H]7O)[C@H](O)[C@H]6O[C@@H]6O[C@H](CO)[C@@H](O)[C@H](O)[C@H]6O)[C@](C)(CO)C5CC[C@@]4(C)[C@]3(C)C[C@@H](O)[C@]21COC(C)=O. The normalized spacial score (nSPS) is 50.6. The summed E-state index contributed by atoms with van der Waals surface area (Å²) in [5.41, 5.74) is -3.85. The van der Waals surface area contributed by atoms with Gasteiger partial charge in [0.05, 0.1) is 43.5 Å². The summed E-state index contributed by atoms with van der Waals surface area (Å²) in [6.07, 6.45) is -26.8. The number of esters is 2. The van der Waals surface area contributed by atoms with E-state index in [-0.39, 0.29) is 31.3 Å². The molecule has 0 spiro atoms. The summed E-state index contributed by atoms with van der Waals surface area (Å²) in [5.74, 6) is -3.90. The van der Waals surface area contributed by atoms with E-state index in [2.05, 4.69) is 26.8 Å². The minimum Gasteiger partial charge on any atom is -0.479 e. The van der Waals surface area contributed by atoms with Gasteiger partial charge in [0.15, 0.2) is 25.0 Å². The average Bonchev–Trinajstić information content (AvgIpc) is 1.72. The molecule has 27 atom stereocenters. The van der Waals surface area contributed by atoms with E-state index in [1.54, 1.807) is 19.9 Å². The molecule has 450 valence electrons. The monoisotopic (exact) mass is 1130 g/mol. The third kappa shape index (κ3) is 10.0. The van der Waals surface area contributed by atoms with Crippen molar-refractivity contribution in [2.45, 2.75) is 224 Å². The minimum atomic E-state index is -2.18. The molecule has 0 bridgehead atoms. The lowest BCUT2D eigenvalue weighted by atomic mass is 9.33. The van der Waals surface area contributed by atoms with Gasteiger partial charge in [0.25, 0.3) is 0 Å². The van der Waals surface area contributed by atoms with Crippen LogP contribution in [0.3, 0.4) is 0 Å². The Balaban J connectivity index is 1.13. The Kier molecular flexibility index (Phi) is 17.8. The molecular formula is C55H86O24. The second-order valence-corrected chi connectivity index (χ2v) is 25.6. The molecule has 5 aliphatic carbocycles. The van der Waals surface area contributed by atoms with Crippen molar-refractivity contribution < 1.29 is 119 Å². The van der Waals surface area contributed by atoms with Crippen LogP contribution in [0.2, 0.25) is 0 Å². The van der Waals surface area contributed by atoms with E-state index in [1.807, 2.05) is 20.8 Å². The van der Waals surface area contributed by atoms with Crippen LogP contribution in [0.25, 0.3) is 0 Å². The highest BCUT2D eigenvalue weighted by Crippen LogP contribution is 2.76. The van der Waals surface area contributed by atoms with Crippen LogP contribution in [-0.2, 0) is 52.3 Å². The van der Waals surface area contributed by atoms with Gasteiger partial charge in [0.1, 0.15) is 79.9 Å². The summed E-state index contributed by atoms with van der Waals surface area (Å²) in [6.45, 7) is 14.3. The lowest BCUT2D eigenvalue weighted by molar-refractivity contribution is -0.392. The molecule has 0 radical (unpaired) electrons. The van der Waals surface area contributed by atoms with Gasteiger partial charge in [-0.1, -0.05) is 59.3 Å². The molecule has 24 heteroatoms. The number of aliphatic hydroxyl groups excluding tert-OH is 12. The first-order chi connectivity index (χ1) is 36.9. The Hall–Kier alpha value is -2.83. The lowest BCUT2D eigenvalue weighted by Crippen LogP contribution is -2.72. The topological polar surface area (TPSA) is 388 Å². The molecule has 0 aromatic rings. The minimum absolute atomic E-state index is 0.0904. The molecule has 0 aromatic heterocycles. The number of aliphatic carboxylic acids is 1. The molecule has 7 fully saturated rings. The van der Waals surface area contributed by atoms with Crippen molar-refractivity contribution in [3.63, 3.8) is 0 Å². The molecule has 8 rings (SSSR count). The van der Waals surface area contributed by atoms with Crippen molar-refractivity contribution in [1.82, 2.24) is 0 Å². The Bertz CT molecular complexity index is 2290. The third-order valence-corrected chi connectivity index (χ3v) is 21.1. The summed E-state index contributed by atoms with van der Waals surface area (Å²) in [7, 11) is 0. The van der Waals surface area contributed by atoms with Gasteiger partial charge in [0, 0.05) is 17.9 Å². The molecule has 13 N–H and O–H groups in total. The number of ether oxygens (including phenoxy) is 8. The zero-order chi connectivity index (χ0) is 58.4.